The van der Waals surface area contributed by atoms with Crippen LogP contribution in [0, 0.1) is 10.8 Å². The zero-order valence-electron chi connectivity index (χ0n) is 16.9. The summed E-state index contributed by atoms with van der Waals surface area (Å²) in [4.78, 5) is 0. The van der Waals surface area contributed by atoms with E-state index in [1.807, 2.05) is 0 Å². The van der Waals surface area contributed by atoms with Crippen molar-refractivity contribution in [3.05, 3.63) is 72.3 Å². The molecule has 0 atom stereocenters. The van der Waals surface area contributed by atoms with E-state index in [0.29, 0.717) is 0 Å². The Kier molecular flexibility index (Phi) is 4.20. The molecule has 1 aliphatic rings. The quantitative estimate of drug-likeness (QED) is 0.526. The Labute approximate surface area is 163 Å². The van der Waals surface area contributed by atoms with E-state index >= 15 is 0 Å². The molecule has 0 amide bonds. The van der Waals surface area contributed by atoms with Gasteiger partial charge in [0.15, 0.2) is 0 Å². The van der Waals surface area contributed by atoms with Gasteiger partial charge >= 0.3 is 0 Å². The molecule has 27 heavy (non-hydrogen) atoms. The van der Waals surface area contributed by atoms with Crippen LogP contribution in [0.2, 0.25) is 0 Å². The molecule has 1 N–H and O–H groups in total. The molecule has 0 aliphatic heterocycles. The molecular weight excluding hydrogens is 328 g/mol. The standard InChI is InChI=1S/C26H30O/c1-24(2)16-25(3,4)18-26(27,17-24)23-15-8-7-13-22(23)21-14-9-11-19-10-5-6-12-20(19)21/h5-15,27H,16-18H2,1-4H3. The van der Waals surface area contributed by atoms with Crippen molar-refractivity contribution >= 4 is 10.8 Å². The Morgan fingerprint density at radius 2 is 1.19 bits per heavy atom. The summed E-state index contributed by atoms with van der Waals surface area (Å²) in [7, 11) is 0. The fraction of sp³-hybridized carbons (Fsp3) is 0.385. The van der Waals surface area contributed by atoms with Gasteiger partial charge in [0, 0.05) is 0 Å². The van der Waals surface area contributed by atoms with E-state index in [-0.39, 0.29) is 10.8 Å². The molecule has 1 saturated carbocycles. The average molecular weight is 359 g/mol. The summed E-state index contributed by atoms with van der Waals surface area (Å²) in [5, 5.41) is 14.4. The Bertz CT molecular complexity index is 959. The monoisotopic (exact) mass is 358 g/mol. The molecular formula is C26H30O. The fourth-order valence-corrected chi connectivity index (χ4v) is 5.84. The first-order valence-corrected chi connectivity index (χ1v) is 9.99. The van der Waals surface area contributed by atoms with Gasteiger partial charge in [-0.25, -0.2) is 0 Å². The lowest BCUT2D eigenvalue weighted by molar-refractivity contribution is -0.0909. The average Bonchev–Trinajstić information content (AvgIpc) is 2.58. The van der Waals surface area contributed by atoms with Gasteiger partial charge in [0.2, 0.25) is 0 Å². The van der Waals surface area contributed by atoms with Gasteiger partial charge in [-0.2, -0.15) is 0 Å². The highest BCUT2D eigenvalue weighted by atomic mass is 16.3. The van der Waals surface area contributed by atoms with Crippen LogP contribution in [0.25, 0.3) is 21.9 Å². The number of rotatable bonds is 2. The molecule has 0 heterocycles. The summed E-state index contributed by atoms with van der Waals surface area (Å²) in [5.41, 5.74) is 2.86. The second kappa shape index (κ2) is 6.21. The lowest BCUT2D eigenvalue weighted by Gasteiger charge is -2.50. The number of hydrogen-bond donors (Lipinski definition) is 1. The molecule has 4 rings (SSSR count). The van der Waals surface area contributed by atoms with Crippen molar-refractivity contribution in [1.82, 2.24) is 0 Å². The lowest BCUT2D eigenvalue weighted by Crippen LogP contribution is -2.44. The predicted molar refractivity (Wildman–Crippen MR) is 115 cm³/mol. The van der Waals surface area contributed by atoms with Gasteiger partial charge in [-0.1, -0.05) is 94.4 Å². The largest absolute Gasteiger partial charge is 0.385 e. The highest BCUT2D eigenvalue weighted by molar-refractivity contribution is 5.97. The fourth-order valence-electron chi connectivity index (χ4n) is 5.84. The summed E-state index contributed by atoms with van der Waals surface area (Å²) in [6.07, 6.45) is 2.73. The maximum absolute atomic E-state index is 11.9. The van der Waals surface area contributed by atoms with Crippen molar-refractivity contribution in [3.63, 3.8) is 0 Å². The van der Waals surface area contributed by atoms with Crippen LogP contribution in [0.4, 0.5) is 0 Å². The van der Waals surface area contributed by atoms with Crippen LogP contribution in [0.3, 0.4) is 0 Å². The van der Waals surface area contributed by atoms with E-state index in [1.165, 1.54) is 16.3 Å². The predicted octanol–water partition coefficient (Wildman–Crippen LogP) is 6.93. The molecule has 0 spiro atoms. The Balaban J connectivity index is 1.92. The molecule has 0 radical (unpaired) electrons. The first kappa shape index (κ1) is 18.3. The molecule has 3 aromatic rings. The maximum atomic E-state index is 11.9. The highest BCUT2D eigenvalue weighted by Gasteiger charge is 2.48. The lowest BCUT2D eigenvalue weighted by atomic mass is 9.57. The molecule has 0 unspecified atom stereocenters. The summed E-state index contributed by atoms with van der Waals surface area (Å²) >= 11 is 0. The zero-order valence-corrected chi connectivity index (χ0v) is 16.9. The third-order valence-corrected chi connectivity index (χ3v) is 6.01. The molecule has 1 fully saturated rings. The Morgan fingerprint density at radius 1 is 0.630 bits per heavy atom. The topological polar surface area (TPSA) is 20.2 Å². The SMILES string of the molecule is CC1(C)CC(C)(C)CC(O)(c2ccccc2-c2cccc3ccccc23)C1. The van der Waals surface area contributed by atoms with Gasteiger partial charge in [-0.3, -0.25) is 0 Å². The normalized spacial score (nSPS) is 20.5. The molecule has 0 aromatic heterocycles. The van der Waals surface area contributed by atoms with Crippen molar-refractivity contribution in [2.75, 3.05) is 0 Å². The van der Waals surface area contributed by atoms with Gasteiger partial charge in [-0.15, -0.1) is 0 Å². The zero-order chi connectivity index (χ0) is 19.3. The molecule has 1 aliphatic carbocycles. The second-order valence-corrected chi connectivity index (χ2v) is 9.96. The number of aliphatic hydroxyl groups is 1. The third kappa shape index (κ3) is 3.41. The Morgan fingerprint density at radius 3 is 1.93 bits per heavy atom. The molecule has 140 valence electrons. The minimum Gasteiger partial charge on any atom is -0.385 e. The van der Waals surface area contributed by atoms with Crippen molar-refractivity contribution < 1.29 is 5.11 Å². The van der Waals surface area contributed by atoms with E-state index < -0.39 is 5.60 Å². The summed E-state index contributed by atoms with van der Waals surface area (Å²) < 4.78 is 0. The molecule has 1 nitrogen and oxygen atoms in total. The molecule has 0 saturated heterocycles. The van der Waals surface area contributed by atoms with Crippen LogP contribution in [0.1, 0.15) is 52.5 Å². The van der Waals surface area contributed by atoms with Gasteiger partial charge in [0.05, 0.1) is 5.60 Å². The summed E-state index contributed by atoms with van der Waals surface area (Å²) in [6, 6.07) is 23.4. The van der Waals surface area contributed by atoms with E-state index in [2.05, 4.69) is 94.4 Å². The molecule has 1 heteroatoms. The number of hydrogen-bond acceptors (Lipinski definition) is 1. The molecule has 3 aromatic carbocycles. The van der Waals surface area contributed by atoms with Crippen LogP contribution < -0.4 is 0 Å². The maximum Gasteiger partial charge on any atom is 0.0912 e. The van der Waals surface area contributed by atoms with Gasteiger partial charge in [-0.05, 0) is 57.6 Å². The van der Waals surface area contributed by atoms with Crippen LogP contribution in [-0.4, -0.2) is 5.11 Å². The van der Waals surface area contributed by atoms with Crippen molar-refractivity contribution in [2.24, 2.45) is 10.8 Å². The third-order valence-electron chi connectivity index (χ3n) is 6.01. The van der Waals surface area contributed by atoms with Crippen molar-refractivity contribution in [2.45, 2.75) is 52.6 Å². The van der Waals surface area contributed by atoms with E-state index in [9.17, 15) is 5.11 Å². The van der Waals surface area contributed by atoms with Crippen LogP contribution in [-0.2, 0) is 5.60 Å². The smallest absolute Gasteiger partial charge is 0.0912 e. The first-order chi connectivity index (χ1) is 12.7. The van der Waals surface area contributed by atoms with Gasteiger partial charge in [0.25, 0.3) is 0 Å². The van der Waals surface area contributed by atoms with Crippen molar-refractivity contribution in [3.8, 4) is 11.1 Å². The number of benzene rings is 3. The molecule has 0 bridgehead atoms. The summed E-state index contributed by atoms with van der Waals surface area (Å²) in [6.45, 7) is 9.16. The number of fused-ring (bicyclic) bond motifs is 1. The first-order valence-electron chi connectivity index (χ1n) is 9.99. The van der Waals surface area contributed by atoms with E-state index in [4.69, 9.17) is 0 Å². The van der Waals surface area contributed by atoms with Crippen molar-refractivity contribution in [1.29, 1.82) is 0 Å². The minimum absolute atomic E-state index is 0.113. The second-order valence-electron chi connectivity index (χ2n) is 9.96. The minimum atomic E-state index is -0.807. The van der Waals surface area contributed by atoms with E-state index in [1.54, 1.807) is 0 Å². The van der Waals surface area contributed by atoms with Crippen LogP contribution in [0.15, 0.2) is 66.7 Å². The van der Waals surface area contributed by atoms with Crippen LogP contribution >= 0.6 is 0 Å². The Hall–Kier alpha value is -2.12. The van der Waals surface area contributed by atoms with Crippen LogP contribution in [0.5, 0.6) is 0 Å². The van der Waals surface area contributed by atoms with Gasteiger partial charge in [0.1, 0.15) is 0 Å². The van der Waals surface area contributed by atoms with Gasteiger partial charge < -0.3 is 5.11 Å². The highest BCUT2D eigenvalue weighted by Crippen LogP contribution is 2.55. The van der Waals surface area contributed by atoms with E-state index in [0.717, 1.165) is 30.4 Å². The summed E-state index contributed by atoms with van der Waals surface area (Å²) in [5.74, 6) is 0.